The molecule has 0 fully saturated rings. The SMILES string of the molecule is Cc1ccc(Cl)c(F)c1C1=CC(=O)N([C@H]2CCC[C@@H](C)C(=O)Nc3ccccc3-c3ccnc2c3)CC1. The minimum Gasteiger partial charge on any atom is -0.330 e. The van der Waals surface area contributed by atoms with Gasteiger partial charge in [-0.3, -0.25) is 14.6 Å². The van der Waals surface area contributed by atoms with Crippen LogP contribution < -0.4 is 5.32 Å². The number of anilines is 1. The second-order valence-electron chi connectivity index (χ2n) is 9.86. The Hall–Kier alpha value is -3.51. The lowest BCUT2D eigenvalue weighted by molar-refractivity contribution is -0.129. The summed E-state index contributed by atoms with van der Waals surface area (Å²) in [4.78, 5) is 32.8. The minimum atomic E-state index is -0.486. The van der Waals surface area contributed by atoms with Gasteiger partial charge in [-0.05, 0) is 67.2 Å². The van der Waals surface area contributed by atoms with Gasteiger partial charge >= 0.3 is 0 Å². The lowest BCUT2D eigenvalue weighted by Gasteiger charge is -2.35. The lowest BCUT2D eigenvalue weighted by Crippen LogP contribution is -2.38. The van der Waals surface area contributed by atoms with Crippen molar-refractivity contribution in [3.05, 3.63) is 88.5 Å². The molecule has 0 radical (unpaired) electrons. The molecule has 1 N–H and O–H groups in total. The van der Waals surface area contributed by atoms with Gasteiger partial charge in [-0.15, -0.1) is 0 Å². The molecule has 0 aliphatic carbocycles. The van der Waals surface area contributed by atoms with Crippen LogP contribution in [0.2, 0.25) is 5.02 Å². The lowest BCUT2D eigenvalue weighted by atomic mass is 9.91. The molecule has 0 saturated carbocycles. The number of para-hydroxylation sites is 1. The largest absolute Gasteiger partial charge is 0.330 e. The molecule has 2 aromatic carbocycles. The molecule has 1 aromatic heterocycles. The van der Waals surface area contributed by atoms with Gasteiger partial charge in [0.1, 0.15) is 5.82 Å². The van der Waals surface area contributed by atoms with Crippen LogP contribution in [-0.4, -0.2) is 28.2 Å². The fourth-order valence-electron chi connectivity index (χ4n) is 5.31. The van der Waals surface area contributed by atoms with Crippen molar-refractivity contribution in [2.75, 3.05) is 11.9 Å². The van der Waals surface area contributed by atoms with Gasteiger partial charge in [-0.25, -0.2) is 4.39 Å². The highest BCUT2D eigenvalue weighted by molar-refractivity contribution is 6.31. The number of fused-ring (bicyclic) bond motifs is 4. The maximum atomic E-state index is 14.9. The molecular weight excluding hydrogens is 489 g/mol. The Labute approximate surface area is 221 Å². The fraction of sp³-hybridized carbons (Fsp3) is 0.300. The predicted molar refractivity (Wildman–Crippen MR) is 145 cm³/mol. The third kappa shape index (κ3) is 5.03. The number of carbonyl (C=O) groups excluding carboxylic acids is 2. The summed E-state index contributed by atoms with van der Waals surface area (Å²) in [5, 5.41) is 3.13. The molecular formula is C30H29ClFN3O2. The normalized spacial score (nSPS) is 20.3. The van der Waals surface area contributed by atoms with Crippen molar-refractivity contribution >= 4 is 34.7 Å². The number of halogens is 2. The van der Waals surface area contributed by atoms with Crippen LogP contribution in [0, 0.1) is 18.7 Å². The Kier molecular flexibility index (Phi) is 7.11. The zero-order valence-corrected chi connectivity index (χ0v) is 21.7. The maximum absolute atomic E-state index is 14.9. The monoisotopic (exact) mass is 517 g/mol. The van der Waals surface area contributed by atoms with Crippen LogP contribution in [0.25, 0.3) is 16.7 Å². The summed E-state index contributed by atoms with van der Waals surface area (Å²) < 4.78 is 14.9. The van der Waals surface area contributed by atoms with E-state index in [-0.39, 0.29) is 28.8 Å². The standard InChI is InChI=1S/C30H29ClFN3O2/c1-18-10-11-23(31)29(32)28(18)21-13-15-35(27(36)17-21)26-9-5-6-19(2)30(37)34-24-8-4-3-7-22(24)20-12-14-33-25(26)16-20/h3-4,7-8,10-12,14,16-17,19,26H,5-6,9,13,15H2,1-2H3,(H,34,37)/t19-,26+/m1/s1. The summed E-state index contributed by atoms with van der Waals surface area (Å²) in [6.07, 6.45) is 5.94. The number of carbonyl (C=O) groups is 2. The highest BCUT2D eigenvalue weighted by Gasteiger charge is 2.31. The molecule has 2 amide bonds. The average Bonchev–Trinajstić information content (AvgIpc) is 2.89. The molecule has 0 saturated heterocycles. The number of nitrogens with zero attached hydrogens (tertiary/aromatic N) is 2. The zero-order valence-electron chi connectivity index (χ0n) is 20.9. The van der Waals surface area contributed by atoms with E-state index in [9.17, 15) is 14.0 Å². The summed E-state index contributed by atoms with van der Waals surface area (Å²) in [5.41, 5.74) is 5.22. The molecule has 3 aromatic rings. The molecule has 190 valence electrons. The highest BCUT2D eigenvalue weighted by atomic mass is 35.5. The van der Waals surface area contributed by atoms with Gasteiger partial charge in [0.15, 0.2) is 0 Å². The number of hydrogen-bond acceptors (Lipinski definition) is 3. The maximum Gasteiger partial charge on any atom is 0.247 e. The van der Waals surface area contributed by atoms with Crippen molar-refractivity contribution in [3.8, 4) is 11.1 Å². The molecule has 2 bridgehead atoms. The molecule has 0 unspecified atom stereocenters. The van der Waals surface area contributed by atoms with E-state index in [1.165, 1.54) is 12.1 Å². The third-order valence-corrected chi connectivity index (χ3v) is 7.68. The van der Waals surface area contributed by atoms with Crippen LogP contribution in [0.5, 0.6) is 0 Å². The molecule has 5 rings (SSSR count). The number of aromatic nitrogens is 1. The first-order valence-corrected chi connectivity index (χ1v) is 13.0. The van der Waals surface area contributed by atoms with Gasteiger partial charge < -0.3 is 10.2 Å². The molecule has 3 heterocycles. The summed E-state index contributed by atoms with van der Waals surface area (Å²) in [6, 6.07) is 14.7. The van der Waals surface area contributed by atoms with E-state index in [1.54, 1.807) is 12.3 Å². The summed E-state index contributed by atoms with van der Waals surface area (Å²) in [7, 11) is 0. The molecule has 2 aliphatic rings. The van der Waals surface area contributed by atoms with E-state index in [0.717, 1.165) is 34.5 Å². The summed E-state index contributed by atoms with van der Waals surface area (Å²) in [5.74, 6) is -0.841. The van der Waals surface area contributed by atoms with Crippen LogP contribution >= 0.6 is 11.6 Å². The topological polar surface area (TPSA) is 62.3 Å². The Balaban J connectivity index is 1.52. The predicted octanol–water partition coefficient (Wildman–Crippen LogP) is 6.97. The Morgan fingerprint density at radius 1 is 1.11 bits per heavy atom. The van der Waals surface area contributed by atoms with Gasteiger partial charge in [0.2, 0.25) is 11.8 Å². The highest BCUT2D eigenvalue weighted by Crippen LogP contribution is 2.37. The van der Waals surface area contributed by atoms with Gasteiger partial charge in [0, 0.05) is 41.5 Å². The number of amides is 2. The minimum absolute atomic E-state index is 0.0144. The van der Waals surface area contributed by atoms with Crippen LogP contribution in [0.1, 0.15) is 55.5 Å². The van der Waals surface area contributed by atoms with E-state index in [1.807, 2.05) is 55.1 Å². The van der Waals surface area contributed by atoms with Gasteiger partial charge in [0.05, 0.1) is 16.8 Å². The van der Waals surface area contributed by atoms with Crippen molar-refractivity contribution in [2.24, 2.45) is 5.92 Å². The Bertz CT molecular complexity index is 1400. The third-order valence-electron chi connectivity index (χ3n) is 7.38. The van der Waals surface area contributed by atoms with E-state index >= 15 is 0 Å². The van der Waals surface area contributed by atoms with Crippen molar-refractivity contribution in [1.29, 1.82) is 0 Å². The Morgan fingerprint density at radius 3 is 2.73 bits per heavy atom. The fourth-order valence-corrected chi connectivity index (χ4v) is 5.47. The quantitative estimate of drug-likeness (QED) is 0.399. The first-order chi connectivity index (χ1) is 17.8. The van der Waals surface area contributed by atoms with Crippen LogP contribution in [0.3, 0.4) is 0 Å². The van der Waals surface area contributed by atoms with Crippen molar-refractivity contribution in [1.82, 2.24) is 9.88 Å². The van der Waals surface area contributed by atoms with Gasteiger partial charge in [0.25, 0.3) is 0 Å². The number of nitrogens with one attached hydrogen (secondary N) is 1. The van der Waals surface area contributed by atoms with Crippen molar-refractivity contribution < 1.29 is 14.0 Å². The number of benzene rings is 2. The van der Waals surface area contributed by atoms with E-state index in [2.05, 4.69) is 10.3 Å². The number of aryl methyl sites for hydroxylation is 1. The van der Waals surface area contributed by atoms with Gasteiger partial charge in [-0.1, -0.05) is 49.2 Å². The van der Waals surface area contributed by atoms with Crippen LogP contribution in [-0.2, 0) is 9.59 Å². The van der Waals surface area contributed by atoms with Crippen molar-refractivity contribution in [3.63, 3.8) is 0 Å². The van der Waals surface area contributed by atoms with E-state index in [4.69, 9.17) is 11.6 Å². The number of hydrogen-bond donors (Lipinski definition) is 1. The summed E-state index contributed by atoms with van der Waals surface area (Å²) in [6.45, 7) is 4.20. The van der Waals surface area contributed by atoms with E-state index in [0.29, 0.717) is 36.9 Å². The number of rotatable bonds is 2. The summed E-state index contributed by atoms with van der Waals surface area (Å²) >= 11 is 6.04. The molecule has 5 nitrogen and oxygen atoms in total. The van der Waals surface area contributed by atoms with Crippen LogP contribution in [0.15, 0.2) is 60.8 Å². The van der Waals surface area contributed by atoms with E-state index < -0.39 is 5.82 Å². The van der Waals surface area contributed by atoms with Gasteiger partial charge in [-0.2, -0.15) is 0 Å². The van der Waals surface area contributed by atoms with Crippen molar-refractivity contribution in [2.45, 2.75) is 45.6 Å². The smallest absolute Gasteiger partial charge is 0.247 e. The second kappa shape index (κ2) is 10.5. The molecule has 0 spiro atoms. The second-order valence-corrected chi connectivity index (χ2v) is 10.3. The first kappa shape index (κ1) is 25.2. The molecule has 37 heavy (non-hydrogen) atoms. The molecule has 7 heteroatoms. The first-order valence-electron chi connectivity index (χ1n) is 12.7. The Morgan fingerprint density at radius 2 is 1.92 bits per heavy atom. The average molecular weight is 518 g/mol. The van der Waals surface area contributed by atoms with Crippen LogP contribution in [0.4, 0.5) is 10.1 Å². The molecule has 2 atom stereocenters. The number of pyridine rings is 1. The molecule has 2 aliphatic heterocycles. The zero-order chi connectivity index (χ0) is 26.1.